The maximum absolute atomic E-state index is 12.1. The third-order valence-electron chi connectivity index (χ3n) is 3.76. The molecule has 0 aliphatic rings. The molecule has 0 fully saturated rings. The van der Waals surface area contributed by atoms with Crippen LogP contribution in [-0.2, 0) is 21.4 Å². The predicted molar refractivity (Wildman–Crippen MR) is 103 cm³/mol. The molecule has 2 aromatic rings. The zero-order valence-corrected chi connectivity index (χ0v) is 16.3. The number of rotatable bonds is 7. The van der Waals surface area contributed by atoms with Gasteiger partial charge in [0.1, 0.15) is 5.75 Å². The molecule has 0 radical (unpaired) electrons. The summed E-state index contributed by atoms with van der Waals surface area (Å²) < 4.78 is 29.8. The van der Waals surface area contributed by atoms with Gasteiger partial charge in [-0.3, -0.25) is 9.10 Å². The Bertz CT molecular complexity index is 852. The van der Waals surface area contributed by atoms with Crippen molar-refractivity contribution in [3.63, 3.8) is 0 Å². The van der Waals surface area contributed by atoms with Gasteiger partial charge in [-0.15, -0.1) is 0 Å². The van der Waals surface area contributed by atoms with Gasteiger partial charge in [-0.2, -0.15) is 0 Å². The molecular formula is C18H21ClN2O4S. The lowest BCUT2D eigenvalue weighted by Crippen LogP contribution is -2.35. The molecule has 8 heteroatoms. The summed E-state index contributed by atoms with van der Waals surface area (Å²) in [6.45, 7) is 2.02. The summed E-state index contributed by atoms with van der Waals surface area (Å²) in [4.78, 5) is 12.1. The molecular weight excluding hydrogens is 376 g/mol. The van der Waals surface area contributed by atoms with Crippen LogP contribution < -0.4 is 14.4 Å². The topological polar surface area (TPSA) is 75.7 Å². The molecule has 26 heavy (non-hydrogen) atoms. The fourth-order valence-corrected chi connectivity index (χ4v) is 2.75. The van der Waals surface area contributed by atoms with Crippen LogP contribution in [0.3, 0.4) is 0 Å². The second-order valence-corrected chi connectivity index (χ2v) is 8.28. The zero-order valence-electron chi connectivity index (χ0n) is 14.8. The monoisotopic (exact) mass is 396 g/mol. The number of carbonyl (C=O) groups excluding carboxylic acids is 1. The number of nitrogens with one attached hydrogen (secondary N) is 1. The van der Waals surface area contributed by atoms with Gasteiger partial charge in [0.25, 0.3) is 5.91 Å². The van der Waals surface area contributed by atoms with E-state index in [-0.39, 0.29) is 5.91 Å². The zero-order chi connectivity index (χ0) is 19.3. The third kappa shape index (κ3) is 5.64. The average molecular weight is 397 g/mol. The number of halogens is 1. The summed E-state index contributed by atoms with van der Waals surface area (Å²) in [6.07, 6.45) is 0.436. The van der Waals surface area contributed by atoms with Gasteiger partial charge < -0.3 is 10.1 Å². The van der Waals surface area contributed by atoms with Crippen LogP contribution in [0.15, 0.2) is 48.5 Å². The Hall–Kier alpha value is -2.25. The lowest BCUT2D eigenvalue weighted by atomic mass is 10.2. The molecule has 6 nitrogen and oxygen atoms in total. The highest BCUT2D eigenvalue weighted by Crippen LogP contribution is 2.21. The van der Waals surface area contributed by atoms with E-state index in [1.807, 2.05) is 12.1 Å². The Morgan fingerprint density at radius 2 is 1.73 bits per heavy atom. The van der Waals surface area contributed by atoms with E-state index >= 15 is 0 Å². The molecule has 0 spiro atoms. The minimum atomic E-state index is -3.32. The summed E-state index contributed by atoms with van der Waals surface area (Å²) in [5, 5.41) is 3.43. The van der Waals surface area contributed by atoms with Crippen molar-refractivity contribution in [3.8, 4) is 5.75 Å². The predicted octanol–water partition coefficient (Wildman–Crippen LogP) is 2.82. The smallest absolute Gasteiger partial charge is 0.261 e. The van der Waals surface area contributed by atoms with Crippen molar-refractivity contribution >= 4 is 33.2 Å². The van der Waals surface area contributed by atoms with Crippen molar-refractivity contribution in [1.29, 1.82) is 0 Å². The van der Waals surface area contributed by atoms with E-state index in [0.717, 1.165) is 11.8 Å². The second-order valence-electron chi connectivity index (χ2n) is 5.83. The molecule has 1 N–H and O–H groups in total. The Balaban J connectivity index is 1.91. The summed E-state index contributed by atoms with van der Waals surface area (Å²) in [5.74, 6) is 0.224. The van der Waals surface area contributed by atoms with Crippen LogP contribution in [0, 0.1) is 0 Å². The number of amides is 1. The van der Waals surface area contributed by atoms with Gasteiger partial charge in [0, 0.05) is 18.6 Å². The minimum absolute atomic E-state index is 0.253. The average Bonchev–Trinajstić information content (AvgIpc) is 2.60. The van der Waals surface area contributed by atoms with Crippen molar-refractivity contribution in [3.05, 3.63) is 59.1 Å². The number of nitrogens with zero attached hydrogens (tertiary/aromatic N) is 1. The van der Waals surface area contributed by atoms with Crippen LogP contribution in [-0.4, -0.2) is 33.7 Å². The molecule has 1 amide bonds. The Morgan fingerprint density at radius 3 is 2.27 bits per heavy atom. The first kappa shape index (κ1) is 20.1. The highest BCUT2D eigenvalue weighted by Gasteiger charge is 2.15. The summed E-state index contributed by atoms with van der Waals surface area (Å²) in [6, 6.07) is 13.7. The number of anilines is 1. The molecule has 0 bridgehead atoms. The molecule has 140 valence electrons. The Morgan fingerprint density at radius 1 is 1.15 bits per heavy atom. The van der Waals surface area contributed by atoms with Crippen molar-refractivity contribution < 1.29 is 17.9 Å². The highest BCUT2D eigenvalue weighted by atomic mass is 35.5. The first-order valence-corrected chi connectivity index (χ1v) is 10.1. The quantitative estimate of drug-likeness (QED) is 0.780. The van der Waals surface area contributed by atoms with Crippen LogP contribution in [0.25, 0.3) is 0 Å². The largest absolute Gasteiger partial charge is 0.481 e. The van der Waals surface area contributed by atoms with Crippen LogP contribution in [0.2, 0.25) is 5.02 Å². The molecule has 2 aromatic carbocycles. The van der Waals surface area contributed by atoms with Gasteiger partial charge in [-0.05, 0) is 48.9 Å². The number of carbonyl (C=O) groups is 1. The molecule has 0 saturated carbocycles. The van der Waals surface area contributed by atoms with Gasteiger partial charge >= 0.3 is 0 Å². The number of sulfonamides is 1. The van der Waals surface area contributed by atoms with Gasteiger partial charge in [0.2, 0.25) is 10.0 Å². The lowest BCUT2D eigenvalue weighted by Gasteiger charge is -2.18. The van der Waals surface area contributed by atoms with Gasteiger partial charge in [0.15, 0.2) is 6.10 Å². The standard InChI is InChI=1S/C18H21ClN2O4S/c1-13(18(22)20-12-14-4-6-15(19)7-5-14)25-17-10-8-16(9-11-17)21(2)26(3,23)24/h4-11,13H,12H2,1-3H3,(H,20,22). The van der Waals surface area contributed by atoms with E-state index in [0.29, 0.717) is 23.0 Å². The van der Waals surface area contributed by atoms with Crippen molar-refractivity contribution in [2.24, 2.45) is 0 Å². The maximum atomic E-state index is 12.1. The van der Waals surface area contributed by atoms with Gasteiger partial charge in [0.05, 0.1) is 11.9 Å². The minimum Gasteiger partial charge on any atom is -0.481 e. The molecule has 0 aromatic heterocycles. The van der Waals surface area contributed by atoms with E-state index in [1.54, 1.807) is 43.3 Å². The van der Waals surface area contributed by atoms with Crippen molar-refractivity contribution in [2.45, 2.75) is 19.6 Å². The second kappa shape index (κ2) is 8.42. The molecule has 0 heterocycles. The molecule has 0 aliphatic carbocycles. The van der Waals surface area contributed by atoms with Crippen molar-refractivity contribution in [1.82, 2.24) is 5.32 Å². The van der Waals surface area contributed by atoms with E-state index in [4.69, 9.17) is 16.3 Å². The van der Waals surface area contributed by atoms with E-state index < -0.39 is 16.1 Å². The van der Waals surface area contributed by atoms with Crippen LogP contribution in [0.1, 0.15) is 12.5 Å². The normalized spacial score (nSPS) is 12.3. The number of benzene rings is 2. The Labute approximate surface area is 158 Å². The number of hydrogen-bond donors (Lipinski definition) is 1. The fraction of sp³-hybridized carbons (Fsp3) is 0.278. The van der Waals surface area contributed by atoms with Crippen molar-refractivity contribution in [2.75, 3.05) is 17.6 Å². The lowest BCUT2D eigenvalue weighted by molar-refractivity contribution is -0.127. The van der Waals surface area contributed by atoms with E-state index in [9.17, 15) is 13.2 Å². The SMILES string of the molecule is CC(Oc1ccc(N(C)S(C)(=O)=O)cc1)C(=O)NCc1ccc(Cl)cc1. The maximum Gasteiger partial charge on any atom is 0.261 e. The molecule has 0 saturated heterocycles. The summed E-state index contributed by atoms with van der Waals surface area (Å²) in [7, 11) is -1.85. The van der Waals surface area contributed by atoms with Crippen LogP contribution >= 0.6 is 11.6 Å². The van der Waals surface area contributed by atoms with Crippen LogP contribution in [0.4, 0.5) is 5.69 Å². The summed E-state index contributed by atoms with van der Waals surface area (Å²) in [5.41, 5.74) is 1.45. The van der Waals surface area contributed by atoms with Gasteiger partial charge in [-0.25, -0.2) is 8.42 Å². The molecule has 0 aliphatic heterocycles. The first-order valence-electron chi connectivity index (χ1n) is 7.89. The number of ether oxygens (including phenoxy) is 1. The van der Waals surface area contributed by atoms with Gasteiger partial charge in [-0.1, -0.05) is 23.7 Å². The third-order valence-corrected chi connectivity index (χ3v) is 5.22. The first-order chi connectivity index (χ1) is 12.2. The molecule has 2 rings (SSSR count). The molecule has 1 atom stereocenters. The van der Waals surface area contributed by atoms with Crippen LogP contribution in [0.5, 0.6) is 5.75 Å². The molecule has 1 unspecified atom stereocenters. The Kier molecular flexibility index (Phi) is 6.50. The van der Waals surface area contributed by atoms with E-state index in [1.165, 1.54) is 11.4 Å². The fourth-order valence-electron chi connectivity index (χ4n) is 2.12. The number of hydrogen-bond acceptors (Lipinski definition) is 4. The van der Waals surface area contributed by atoms with E-state index in [2.05, 4.69) is 5.32 Å². The summed E-state index contributed by atoms with van der Waals surface area (Å²) >= 11 is 5.83. The highest BCUT2D eigenvalue weighted by molar-refractivity contribution is 7.92.